The molecule has 0 aliphatic rings. The Bertz CT molecular complexity index is 484. The maximum Gasteiger partial charge on any atom is 0.322 e. The Morgan fingerprint density at radius 1 is 1.05 bits per heavy atom. The number of hydrogen-bond donors (Lipinski definition) is 3. The first-order chi connectivity index (χ1) is 9.51. The molecule has 108 valence electrons. The molecule has 7 heteroatoms. The smallest absolute Gasteiger partial charge is 0.322 e. The second-order valence-electron chi connectivity index (χ2n) is 3.97. The number of hydrogen-bond acceptors (Lipinski definition) is 4. The fraction of sp³-hybridized carbons (Fsp3) is 0.308. The van der Waals surface area contributed by atoms with Gasteiger partial charge in [-0.15, -0.1) is 0 Å². The Hall–Kier alpha value is -2.57. The van der Waals surface area contributed by atoms with Gasteiger partial charge in [0.15, 0.2) is 0 Å². The average molecular weight is 280 g/mol. The maximum atomic E-state index is 11.6. The van der Waals surface area contributed by atoms with Gasteiger partial charge in [-0.1, -0.05) is 12.1 Å². The first-order valence-electron chi connectivity index (χ1n) is 5.89. The molecule has 0 atom stereocenters. The molecule has 0 saturated carbocycles. The highest BCUT2D eigenvalue weighted by atomic mass is 16.5. The number of aliphatic carboxylic acids is 1. The van der Waals surface area contributed by atoms with E-state index in [0.717, 1.165) is 5.56 Å². The van der Waals surface area contributed by atoms with Gasteiger partial charge in [-0.25, -0.2) is 0 Å². The Balaban J connectivity index is 2.32. The van der Waals surface area contributed by atoms with E-state index in [1.54, 1.807) is 31.4 Å². The van der Waals surface area contributed by atoms with E-state index in [-0.39, 0.29) is 18.9 Å². The van der Waals surface area contributed by atoms with Crippen LogP contribution < -0.4 is 15.4 Å². The van der Waals surface area contributed by atoms with Gasteiger partial charge in [-0.3, -0.25) is 14.4 Å². The van der Waals surface area contributed by atoms with Crippen molar-refractivity contribution in [2.24, 2.45) is 0 Å². The molecule has 3 N–H and O–H groups in total. The third kappa shape index (κ3) is 5.85. The van der Waals surface area contributed by atoms with Gasteiger partial charge in [-0.05, 0) is 17.7 Å². The number of benzene rings is 1. The summed E-state index contributed by atoms with van der Waals surface area (Å²) < 4.78 is 5.00. The van der Waals surface area contributed by atoms with E-state index >= 15 is 0 Å². The highest BCUT2D eigenvalue weighted by Gasteiger charge is 2.07. The second-order valence-corrected chi connectivity index (χ2v) is 3.97. The monoisotopic (exact) mass is 280 g/mol. The molecule has 0 aromatic heterocycles. The summed E-state index contributed by atoms with van der Waals surface area (Å²) in [6.07, 6.45) is 0.135. The lowest BCUT2D eigenvalue weighted by Crippen LogP contribution is -2.39. The molecule has 0 saturated heterocycles. The molecule has 1 rings (SSSR count). The Morgan fingerprint density at radius 2 is 1.65 bits per heavy atom. The molecule has 1 aromatic carbocycles. The lowest BCUT2D eigenvalue weighted by Gasteiger charge is -2.06. The molecular weight excluding hydrogens is 264 g/mol. The number of methoxy groups -OCH3 is 1. The van der Waals surface area contributed by atoms with Crippen molar-refractivity contribution in [3.63, 3.8) is 0 Å². The van der Waals surface area contributed by atoms with Crippen LogP contribution in [0.5, 0.6) is 5.75 Å². The third-order valence-electron chi connectivity index (χ3n) is 2.41. The quantitative estimate of drug-likeness (QED) is 0.627. The van der Waals surface area contributed by atoms with Crippen molar-refractivity contribution in [2.45, 2.75) is 6.42 Å². The van der Waals surface area contributed by atoms with Gasteiger partial charge in [-0.2, -0.15) is 0 Å². The summed E-state index contributed by atoms with van der Waals surface area (Å²) in [5.74, 6) is -1.30. The molecule has 7 nitrogen and oxygen atoms in total. The van der Waals surface area contributed by atoms with Gasteiger partial charge in [0.05, 0.1) is 20.1 Å². The van der Waals surface area contributed by atoms with E-state index < -0.39 is 18.4 Å². The van der Waals surface area contributed by atoms with Gasteiger partial charge in [0.25, 0.3) is 0 Å². The van der Waals surface area contributed by atoms with E-state index in [1.807, 2.05) is 0 Å². The van der Waals surface area contributed by atoms with Crippen LogP contribution in [0.4, 0.5) is 0 Å². The maximum absolute atomic E-state index is 11.6. The van der Waals surface area contributed by atoms with Crippen molar-refractivity contribution in [2.75, 3.05) is 20.2 Å². The zero-order valence-electron chi connectivity index (χ0n) is 11.0. The minimum atomic E-state index is -1.14. The molecule has 0 bridgehead atoms. The lowest BCUT2D eigenvalue weighted by atomic mass is 10.1. The Morgan fingerprint density at radius 3 is 2.20 bits per heavy atom. The summed E-state index contributed by atoms with van der Waals surface area (Å²) >= 11 is 0. The largest absolute Gasteiger partial charge is 0.497 e. The summed E-state index contributed by atoms with van der Waals surface area (Å²) in [5, 5.41) is 12.9. The predicted molar refractivity (Wildman–Crippen MR) is 70.4 cm³/mol. The van der Waals surface area contributed by atoms with Crippen LogP contribution in [-0.4, -0.2) is 43.1 Å². The molecule has 20 heavy (non-hydrogen) atoms. The zero-order chi connectivity index (χ0) is 15.0. The second kappa shape index (κ2) is 7.78. The van der Waals surface area contributed by atoms with Crippen molar-refractivity contribution in [3.8, 4) is 5.75 Å². The molecule has 0 radical (unpaired) electrons. The van der Waals surface area contributed by atoms with Crippen LogP contribution in [0.3, 0.4) is 0 Å². The number of carbonyl (C=O) groups excluding carboxylic acids is 2. The zero-order valence-corrected chi connectivity index (χ0v) is 11.0. The Kier molecular flexibility index (Phi) is 6.02. The molecule has 0 spiro atoms. The first-order valence-corrected chi connectivity index (χ1v) is 5.89. The summed E-state index contributed by atoms with van der Waals surface area (Å²) in [5.41, 5.74) is 0.786. The van der Waals surface area contributed by atoms with Crippen LogP contribution in [0.15, 0.2) is 24.3 Å². The summed E-state index contributed by atoms with van der Waals surface area (Å²) in [6, 6.07) is 6.98. The topological polar surface area (TPSA) is 105 Å². The van der Waals surface area contributed by atoms with Crippen LogP contribution >= 0.6 is 0 Å². The molecule has 0 fully saturated rings. The van der Waals surface area contributed by atoms with Crippen molar-refractivity contribution in [3.05, 3.63) is 29.8 Å². The molecule has 0 unspecified atom stereocenters. The molecule has 2 amide bonds. The van der Waals surface area contributed by atoms with E-state index in [1.165, 1.54) is 0 Å². The average Bonchev–Trinajstić information content (AvgIpc) is 2.43. The molecule has 0 aliphatic heterocycles. The SMILES string of the molecule is COc1ccc(CC(=O)NCC(=O)NCC(=O)O)cc1. The molecular formula is C13H16N2O5. The Labute approximate surface area is 115 Å². The van der Waals surface area contributed by atoms with E-state index in [0.29, 0.717) is 5.75 Å². The number of carbonyl (C=O) groups is 3. The summed E-state index contributed by atoms with van der Waals surface area (Å²) in [7, 11) is 1.55. The third-order valence-corrected chi connectivity index (χ3v) is 2.41. The van der Waals surface area contributed by atoms with E-state index in [9.17, 15) is 14.4 Å². The number of nitrogens with one attached hydrogen (secondary N) is 2. The van der Waals surface area contributed by atoms with Crippen LogP contribution in [0.1, 0.15) is 5.56 Å². The van der Waals surface area contributed by atoms with Crippen LogP contribution in [-0.2, 0) is 20.8 Å². The fourth-order valence-electron chi connectivity index (χ4n) is 1.41. The molecule has 0 heterocycles. The number of ether oxygens (including phenoxy) is 1. The van der Waals surface area contributed by atoms with Gasteiger partial charge >= 0.3 is 5.97 Å². The van der Waals surface area contributed by atoms with Crippen molar-refractivity contribution in [1.82, 2.24) is 10.6 Å². The summed E-state index contributed by atoms with van der Waals surface area (Å²) in [6.45, 7) is -0.713. The lowest BCUT2D eigenvalue weighted by molar-refractivity contribution is -0.137. The van der Waals surface area contributed by atoms with Gasteiger partial charge in [0, 0.05) is 0 Å². The van der Waals surface area contributed by atoms with Crippen LogP contribution in [0.2, 0.25) is 0 Å². The number of carboxylic acids is 1. The fourth-order valence-corrected chi connectivity index (χ4v) is 1.41. The minimum absolute atomic E-state index is 0.135. The van der Waals surface area contributed by atoms with Gasteiger partial charge in [0.1, 0.15) is 12.3 Å². The number of carboxylic acid groups (broad SMARTS) is 1. The molecule has 0 aliphatic carbocycles. The van der Waals surface area contributed by atoms with E-state index in [4.69, 9.17) is 9.84 Å². The minimum Gasteiger partial charge on any atom is -0.497 e. The summed E-state index contributed by atoms with van der Waals surface area (Å²) in [4.78, 5) is 33.0. The van der Waals surface area contributed by atoms with E-state index in [2.05, 4.69) is 10.6 Å². The van der Waals surface area contributed by atoms with Gasteiger partial charge in [0.2, 0.25) is 11.8 Å². The number of amides is 2. The van der Waals surface area contributed by atoms with Crippen LogP contribution in [0.25, 0.3) is 0 Å². The first kappa shape index (κ1) is 15.5. The number of rotatable bonds is 7. The highest BCUT2D eigenvalue weighted by molar-refractivity contribution is 5.87. The van der Waals surface area contributed by atoms with Crippen molar-refractivity contribution >= 4 is 17.8 Å². The highest BCUT2D eigenvalue weighted by Crippen LogP contribution is 2.11. The van der Waals surface area contributed by atoms with Gasteiger partial charge < -0.3 is 20.5 Å². The normalized spacial score (nSPS) is 9.65. The standard InChI is InChI=1S/C13H16N2O5/c1-20-10-4-2-9(3-5-10)6-11(16)14-7-12(17)15-8-13(18)19/h2-5H,6-8H2,1H3,(H,14,16)(H,15,17)(H,18,19). The predicted octanol–water partition coefficient (Wildman–Crippen LogP) is -0.445. The van der Waals surface area contributed by atoms with Crippen LogP contribution in [0, 0.1) is 0 Å². The van der Waals surface area contributed by atoms with Crippen molar-refractivity contribution < 1.29 is 24.2 Å². The molecule has 1 aromatic rings. The van der Waals surface area contributed by atoms with Crippen molar-refractivity contribution in [1.29, 1.82) is 0 Å².